The van der Waals surface area contributed by atoms with Gasteiger partial charge < -0.3 is 0 Å². The molecule has 0 aliphatic rings. The summed E-state index contributed by atoms with van der Waals surface area (Å²) in [6.07, 6.45) is 0. The first-order valence-electron chi connectivity index (χ1n) is 6.70. The number of hydrogen-bond acceptors (Lipinski definition) is 1. The average molecular weight is 247 g/mol. The Hall–Kier alpha value is -2.15. The van der Waals surface area contributed by atoms with Crippen LogP contribution in [0.15, 0.2) is 60.7 Å². The van der Waals surface area contributed by atoms with Crippen molar-refractivity contribution >= 4 is 10.9 Å². The first-order chi connectivity index (χ1) is 9.24. The van der Waals surface area contributed by atoms with E-state index in [2.05, 4.69) is 56.3 Å². The average Bonchev–Trinajstić information content (AvgIpc) is 2.47. The van der Waals surface area contributed by atoms with Crippen LogP contribution in [-0.2, 0) is 0 Å². The molecule has 0 amide bonds. The Bertz CT molecular complexity index is 699. The summed E-state index contributed by atoms with van der Waals surface area (Å²) in [5.41, 5.74) is 4.62. The predicted octanol–water partition coefficient (Wildman–Crippen LogP) is 5.03. The van der Waals surface area contributed by atoms with E-state index in [0.717, 1.165) is 16.8 Å². The molecule has 1 nitrogen and oxygen atoms in total. The van der Waals surface area contributed by atoms with Gasteiger partial charge in [-0.3, -0.25) is 0 Å². The summed E-state index contributed by atoms with van der Waals surface area (Å²) >= 11 is 0. The quantitative estimate of drug-likeness (QED) is 0.619. The highest BCUT2D eigenvalue weighted by molar-refractivity contribution is 5.82. The minimum atomic E-state index is 0.554. The maximum Gasteiger partial charge on any atom is 0.0709 e. The molecule has 0 bridgehead atoms. The lowest BCUT2D eigenvalue weighted by Crippen LogP contribution is -1.89. The zero-order valence-corrected chi connectivity index (χ0v) is 11.3. The van der Waals surface area contributed by atoms with E-state index in [0.29, 0.717) is 5.92 Å². The number of hydrogen-bond donors (Lipinski definition) is 0. The highest BCUT2D eigenvalue weighted by Crippen LogP contribution is 2.24. The molecule has 0 saturated heterocycles. The molecule has 0 aliphatic carbocycles. The summed E-state index contributed by atoms with van der Waals surface area (Å²) < 4.78 is 0. The SMILES string of the molecule is CC(C)c1ccc2nc(-c3ccccc3)ccc2c1. The Balaban J connectivity index is 2.10. The van der Waals surface area contributed by atoms with Crippen molar-refractivity contribution in [1.29, 1.82) is 0 Å². The molecule has 0 radical (unpaired) electrons. The van der Waals surface area contributed by atoms with Crippen molar-refractivity contribution in [2.45, 2.75) is 19.8 Å². The number of fused-ring (bicyclic) bond motifs is 1. The predicted molar refractivity (Wildman–Crippen MR) is 81.3 cm³/mol. The van der Waals surface area contributed by atoms with Crippen LogP contribution in [0.5, 0.6) is 0 Å². The van der Waals surface area contributed by atoms with Crippen molar-refractivity contribution in [3.05, 3.63) is 66.2 Å². The fourth-order valence-electron chi connectivity index (χ4n) is 2.27. The largest absolute Gasteiger partial charge is 0.248 e. The normalized spacial score (nSPS) is 11.1. The van der Waals surface area contributed by atoms with Crippen LogP contribution >= 0.6 is 0 Å². The van der Waals surface area contributed by atoms with Crippen molar-refractivity contribution in [1.82, 2.24) is 4.98 Å². The van der Waals surface area contributed by atoms with Gasteiger partial charge in [-0.2, -0.15) is 0 Å². The molecule has 0 fully saturated rings. The topological polar surface area (TPSA) is 12.9 Å². The van der Waals surface area contributed by atoms with E-state index in [9.17, 15) is 0 Å². The van der Waals surface area contributed by atoms with Gasteiger partial charge in [0.2, 0.25) is 0 Å². The smallest absolute Gasteiger partial charge is 0.0709 e. The zero-order chi connectivity index (χ0) is 13.2. The second kappa shape index (κ2) is 4.85. The second-order valence-electron chi connectivity index (χ2n) is 5.17. The van der Waals surface area contributed by atoms with E-state index < -0.39 is 0 Å². The third-order valence-electron chi connectivity index (χ3n) is 3.45. The van der Waals surface area contributed by atoms with Crippen LogP contribution in [0.25, 0.3) is 22.2 Å². The lowest BCUT2D eigenvalue weighted by molar-refractivity contribution is 0.868. The minimum Gasteiger partial charge on any atom is -0.248 e. The first kappa shape index (κ1) is 11.9. The molecule has 0 atom stereocenters. The van der Waals surface area contributed by atoms with E-state index in [1.54, 1.807) is 0 Å². The highest BCUT2D eigenvalue weighted by Gasteiger charge is 2.04. The Morgan fingerprint density at radius 2 is 1.63 bits per heavy atom. The monoisotopic (exact) mass is 247 g/mol. The molecule has 0 unspecified atom stereocenters. The molecule has 0 spiro atoms. The fraction of sp³-hybridized carbons (Fsp3) is 0.167. The van der Waals surface area contributed by atoms with E-state index >= 15 is 0 Å². The van der Waals surface area contributed by atoms with Crippen molar-refractivity contribution in [3.8, 4) is 11.3 Å². The summed E-state index contributed by atoms with van der Waals surface area (Å²) in [5.74, 6) is 0.554. The lowest BCUT2D eigenvalue weighted by atomic mass is 10.0. The molecule has 1 aromatic heterocycles. The van der Waals surface area contributed by atoms with Crippen LogP contribution in [0.1, 0.15) is 25.3 Å². The van der Waals surface area contributed by atoms with Gasteiger partial charge in [-0.1, -0.05) is 56.3 Å². The molecule has 1 heterocycles. The van der Waals surface area contributed by atoms with Crippen molar-refractivity contribution in [2.24, 2.45) is 0 Å². The molecule has 19 heavy (non-hydrogen) atoms. The van der Waals surface area contributed by atoms with Crippen molar-refractivity contribution in [2.75, 3.05) is 0 Å². The summed E-state index contributed by atoms with van der Waals surface area (Å²) in [4.78, 5) is 4.75. The van der Waals surface area contributed by atoms with Gasteiger partial charge in [0.25, 0.3) is 0 Å². The van der Waals surface area contributed by atoms with Gasteiger partial charge in [0.1, 0.15) is 0 Å². The lowest BCUT2D eigenvalue weighted by Gasteiger charge is -2.08. The molecular formula is C18H17N. The van der Waals surface area contributed by atoms with Crippen molar-refractivity contribution < 1.29 is 0 Å². The summed E-state index contributed by atoms with van der Waals surface area (Å²) in [6.45, 7) is 4.43. The van der Waals surface area contributed by atoms with E-state index in [1.807, 2.05) is 18.2 Å². The van der Waals surface area contributed by atoms with Crippen LogP contribution < -0.4 is 0 Å². The van der Waals surface area contributed by atoms with Crippen molar-refractivity contribution in [3.63, 3.8) is 0 Å². The van der Waals surface area contributed by atoms with Crippen LogP contribution in [0, 0.1) is 0 Å². The maximum absolute atomic E-state index is 4.75. The van der Waals surface area contributed by atoms with Gasteiger partial charge in [0, 0.05) is 10.9 Å². The molecule has 2 aromatic carbocycles. The molecule has 0 saturated carbocycles. The molecule has 3 rings (SSSR count). The van der Waals surface area contributed by atoms with Crippen LogP contribution in [0.3, 0.4) is 0 Å². The number of benzene rings is 2. The summed E-state index contributed by atoms with van der Waals surface area (Å²) in [5, 5.41) is 1.21. The highest BCUT2D eigenvalue weighted by atomic mass is 14.7. The van der Waals surface area contributed by atoms with Gasteiger partial charge in [0.05, 0.1) is 11.2 Å². The number of rotatable bonds is 2. The van der Waals surface area contributed by atoms with Crippen LogP contribution in [0.2, 0.25) is 0 Å². The van der Waals surface area contributed by atoms with E-state index in [-0.39, 0.29) is 0 Å². The number of pyridine rings is 1. The second-order valence-corrected chi connectivity index (χ2v) is 5.17. The molecular weight excluding hydrogens is 230 g/mol. The molecule has 3 aromatic rings. The third-order valence-corrected chi connectivity index (χ3v) is 3.45. The van der Waals surface area contributed by atoms with Gasteiger partial charge in [0.15, 0.2) is 0 Å². The zero-order valence-electron chi connectivity index (χ0n) is 11.3. The van der Waals surface area contributed by atoms with Crippen LogP contribution in [0.4, 0.5) is 0 Å². The van der Waals surface area contributed by atoms with Gasteiger partial charge >= 0.3 is 0 Å². The fourth-order valence-corrected chi connectivity index (χ4v) is 2.27. The van der Waals surface area contributed by atoms with Crippen LogP contribution in [-0.4, -0.2) is 4.98 Å². The summed E-state index contributed by atoms with van der Waals surface area (Å²) in [6, 6.07) is 21.1. The van der Waals surface area contributed by atoms with Gasteiger partial charge in [-0.15, -0.1) is 0 Å². The molecule has 0 aliphatic heterocycles. The molecule has 1 heteroatoms. The number of nitrogens with zero attached hydrogens (tertiary/aromatic N) is 1. The maximum atomic E-state index is 4.75. The van der Waals surface area contributed by atoms with Gasteiger partial charge in [-0.25, -0.2) is 4.98 Å². The summed E-state index contributed by atoms with van der Waals surface area (Å²) in [7, 11) is 0. The third kappa shape index (κ3) is 2.37. The standard InChI is InChI=1S/C18H17N/c1-13(2)15-8-10-18-16(12-15)9-11-17(19-18)14-6-4-3-5-7-14/h3-13H,1-2H3. The minimum absolute atomic E-state index is 0.554. The first-order valence-corrected chi connectivity index (χ1v) is 6.70. The Morgan fingerprint density at radius 1 is 0.842 bits per heavy atom. The number of aromatic nitrogens is 1. The molecule has 0 N–H and O–H groups in total. The molecule has 94 valence electrons. The Morgan fingerprint density at radius 3 is 2.37 bits per heavy atom. The Labute approximate surface area is 113 Å². The van der Waals surface area contributed by atoms with E-state index in [1.165, 1.54) is 10.9 Å². The van der Waals surface area contributed by atoms with E-state index in [4.69, 9.17) is 4.98 Å². The Kier molecular flexibility index (Phi) is 3.04. The van der Waals surface area contributed by atoms with Gasteiger partial charge in [-0.05, 0) is 29.7 Å².